The second-order valence-electron chi connectivity index (χ2n) is 7.80. The Hall–Kier alpha value is -1.67. The third kappa shape index (κ3) is 3.86. The fourth-order valence-corrected chi connectivity index (χ4v) is 3.72. The summed E-state index contributed by atoms with van der Waals surface area (Å²) in [5.41, 5.74) is 0. The van der Waals surface area contributed by atoms with Gasteiger partial charge in [0.1, 0.15) is 12.9 Å². The van der Waals surface area contributed by atoms with Gasteiger partial charge in [-0.2, -0.15) is 0 Å². The summed E-state index contributed by atoms with van der Waals surface area (Å²) in [5.74, 6) is 0.302. The van der Waals surface area contributed by atoms with Crippen LogP contribution in [0.1, 0.15) is 44.9 Å². The Morgan fingerprint density at radius 2 is 1.96 bits per heavy atom. The number of imide groups is 1. The first-order chi connectivity index (χ1) is 12.6. The zero-order chi connectivity index (χ0) is 18.1. The molecule has 8 nitrogen and oxygen atoms in total. The average Bonchev–Trinajstić information content (AvgIpc) is 3.26. The van der Waals surface area contributed by atoms with Gasteiger partial charge in [-0.25, -0.2) is 4.79 Å². The Bertz CT molecular complexity index is 575. The monoisotopic (exact) mass is 365 g/mol. The molecule has 0 bridgehead atoms. The second-order valence-corrected chi connectivity index (χ2v) is 7.80. The number of rotatable bonds is 7. The molecule has 2 aliphatic carbocycles. The summed E-state index contributed by atoms with van der Waals surface area (Å²) in [6, 6.07) is -0.0370. The summed E-state index contributed by atoms with van der Waals surface area (Å²) in [6.45, 7) is 1.25. The molecule has 2 heterocycles. The summed E-state index contributed by atoms with van der Waals surface area (Å²) in [4.78, 5) is 40.3. The highest BCUT2D eigenvalue weighted by Gasteiger charge is 2.42. The highest BCUT2D eigenvalue weighted by molar-refractivity contribution is 5.97. The summed E-state index contributed by atoms with van der Waals surface area (Å²) < 4.78 is 10.9. The quantitative estimate of drug-likeness (QED) is 0.723. The minimum Gasteiger partial charge on any atom is -0.351 e. The van der Waals surface area contributed by atoms with E-state index in [4.69, 9.17) is 9.47 Å². The van der Waals surface area contributed by atoms with Crippen LogP contribution in [0.4, 0.5) is 4.79 Å². The molecule has 4 amide bonds. The maximum atomic E-state index is 12.7. The number of urea groups is 1. The van der Waals surface area contributed by atoms with Crippen LogP contribution in [-0.2, 0) is 19.1 Å². The minimum absolute atomic E-state index is 0.00896. The molecule has 2 atom stereocenters. The molecule has 0 radical (unpaired) electrons. The fourth-order valence-electron chi connectivity index (χ4n) is 3.72. The van der Waals surface area contributed by atoms with Crippen LogP contribution in [0.3, 0.4) is 0 Å². The molecule has 0 aromatic carbocycles. The second kappa shape index (κ2) is 7.52. The molecule has 2 saturated heterocycles. The van der Waals surface area contributed by atoms with Crippen molar-refractivity contribution in [2.45, 2.75) is 63.2 Å². The van der Waals surface area contributed by atoms with E-state index in [2.05, 4.69) is 5.32 Å². The van der Waals surface area contributed by atoms with Crippen molar-refractivity contribution in [3.63, 3.8) is 0 Å². The van der Waals surface area contributed by atoms with Gasteiger partial charge in [-0.3, -0.25) is 14.5 Å². The van der Waals surface area contributed by atoms with Crippen molar-refractivity contribution < 1.29 is 23.9 Å². The van der Waals surface area contributed by atoms with Crippen molar-refractivity contribution in [1.29, 1.82) is 0 Å². The van der Waals surface area contributed by atoms with Gasteiger partial charge in [-0.1, -0.05) is 19.3 Å². The largest absolute Gasteiger partial charge is 0.351 e. The molecule has 1 N–H and O–H groups in total. The standard InChI is InChI=1S/C18H27N3O5/c22-15-7-9-20(8-6-12-2-1-3-12)18(24)21(15)10-14-16(26-11-25-14)17(23)19-13-4-5-13/h12-14,16H,1-11H2,(H,19,23)/t14-,16+/m0/s1. The molecule has 2 aliphatic heterocycles. The molecular formula is C18H27N3O5. The lowest BCUT2D eigenvalue weighted by Gasteiger charge is -2.37. The summed E-state index contributed by atoms with van der Waals surface area (Å²) in [7, 11) is 0. The molecule has 4 fully saturated rings. The van der Waals surface area contributed by atoms with E-state index in [9.17, 15) is 14.4 Å². The van der Waals surface area contributed by atoms with Crippen molar-refractivity contribution in [2.24, 2.45) is 5.92 Å². The van der Waals surface area contributed by atoms with Gasteiger partial charge in [0.2, 0.25) is 5.91 Å². The van der Waals surface area contributed by atoms with E-state index in [0.717, 1.165) is 25.2 Å². The summed E-state index contributed by atoms with van der Waals surface area (Å²) in [5, 5.41) is 2.90. The zero-order valence-electron chi connectivity index (χ0n) is 15.0. The summed E-state index contributed by atoms with van der Waals surface area (Å²) >= 11 is 0. The van der Waals surface area contributed by atoms with Crippen LogP contribution in [0.25, 0.3) is 0 Å². The maximum Gasteiger partial charge on any atom is 0.326 e. The van der Waals surface area contributed by atoms with Gasteiger partial charge in [0, 0.05) is 25.6 Å². The summed E-state index contributed by atoms with van der Waals surface area (Å²) in [6.07, 6.45) is 5.71. The van der Waals surface area contributed by atoms with E-state index >= 15 is 0 Å². The topological polar surface area (TPSA) is 88.2 Å². The Kier molecular flexibility index (Phi) is 5.13. The molecule has 0 aromatic heterocycles. The Morgan fingerprint density at radius 3 is 2.65 bits per heavy atom. The van der Waals surface area contributed by atoms with Crippen molar-refractivity contribution >= 4 is 17.8 Å². The van der Waals surface area contributed by atoms with E-state index in [1.165, 1.54) is 24.2 Å². The van der Waals surface area contributed by atoms with Gasteiger partial charge in [-0.05, 0) is 25.2 Å². The molecule has 0 spiro atoms. The number of nitrogens with one attached hydrogen (secondary N) is 1. The van der Waals surface area contributed by atoms with E-state index in [1.807, 2.05) is 0 Å². The third-order valence-corrected chi connectivity index (χ3v) is 5.84. The van der Waals surface area contributed by atoms with E-state index in [0.29, 0.717) is 19.5 Å². The Morgan fingerprint density at radius 1 is 1.15 bits per heavy atom. The Labute approximate surface area is 153 Å². The fraction of sp³-hybridized carbons (Fsp3) is 0.833. The molecule has 144 valence electrons. The number of ether oxygens (including phenoxy) is 2. The first kappa shape index (κ1) is 17.7. The molecule has 4 rings (SSSR count). The predicted octanol–water partition coefficient (Wildman–Crippen LogP) is 0.851. The molecule has 0 unspecified atom stereocenters. The first-order valence-corrected chi connectivity index (χ1v) is 9.74. The predicted molar refractivity (Wildman–Crippen MR) is 91.0 cm³/mol. The normalized spacial score (nSPS) is 29.8. The molecule has 4 aliphatic rings. The maximum absolute atomic E-state index is 12.7. The molecule has 0 aromatic rings. The molecule has 26 heavy (non-hydrogen) atoms. The average molecular weight is 365 g/mol. The van der Waals surface area contributed by atoms with Crippen LogP contribution in [0.2, 0.25) is 0 Å². The lowest BCUT2D eigenvalue weighted by Crippen LogP contribution is -2.56. The van der Waals surface area contributed by atoms with Crippen molar-refractivity contribution in [1.82, 2.24) is 15.1 Å². The van der Waals surface area contributed by atoms with Crippen molar-refractivity contribution in [3.8, 4) is 0 Å². The van der Waals surface area contributed by atoms with Crippen LogP contribution >= 0.6 is 0 Å². The van der Waals surface area contributed by atoms with Crippen LogP contribution in [-0.4, -0.2) is 72.3 Å². The van der Waals surface area contributed by atoms with Gasteiger partial charge in [0.15, 0.2) is 6.10 Å². The smallest absolute Gasteiger partial charge is 0.326 e. The molecule has 8 heteroatoms. The van der Waals surface area contributed by atoms with Gasteiger partial charge in [-0.15, -0.1) is 0 Å². The Balaban J connectivity index is 1.34. The van der Waals surface area contributed by atoms with Crippen molar-refractivity contribution in [3.05, 3.63) is 0 Å². The van der Waals surface area contributed by atoms with Gasteiger partial charge >= 0.3 is 6.03 Å². The van der Waals surface area contributed by atoms with Gasteiger partial charge < -0.3 is 19.7 Å². The number of hydrogen-bond donors (Lipinski definition) is 1. The number of carbonyl (C=O) groups excluding carboxylic acids is 3. The van der Waals surface area contributed by atoms with Gasteiger partial charge in [0.05, 0.1) is 6.54 Å². The highest BCUT2D eigenvalue weighted by atomic mass is 16.7. The number of amides is 4. The highest BCUT2D eigenvalue weighted by Crippen LogP contribution is 2.30. The van der Waals surface area contributed by atoms with Crippen LogP contribution in [0.5, 0.6) is 0 Å². The van der Waals surface area contributed by atoms with Crippen LogP contribution in [0.15, 0.2) is 0 Å². The van der Waals surface area contributed by atoms with Crippen LogP contribution in [0, 0.1) is 5.92 Å². The zero-order valence-corrected chi connectivity index (χ0v) is 15.0. The molecule has 2 saturated carbocycles. The van der Waals surface area contributed by atoms with Crippen LogP contribution < -0.4 is 5.32 Å². The lowest BCUT2D eigenvalue weighted by molar-refractivity contribution is -0.135. The third-order valence-electron chi connectivity index (χ3n) is 5.84. The number of nitrogens with zero attached hydrogens (tertiary/aromatic N) is 2. The number of hydrogen-bond acceptors (Lipinski definition) is 5. The van der Waals surface area contributed by atoms with E-state index < -0.39 is 12.2 Å². The first-order valence-electron chi connectivity index (χ1n) is 9.74. The minimum atomic E-state index is -0.762. The van der Waals surface area contributed by atoms with Crippen molar-refractivity contribution in [2.75, 3.05) is 26.4 Å². The van der Waals surface area contributed by atoms with E-state index in [1.54, 1.807) is 4.90 Å². The SMILES string of the molecule is O=C(NC1CC1)[C@@H]1OCO[C@H]1CN1C(=O)CCN(CCC2CCC2)C1=O. The van der Waals surface area contributed by atoms with E-state index in [-0.39, 0.29) is 37.2 Å². The molecular weight excluding hydrogens is 338 g/mol. The lowest BCUT2D eigenvalue weighted by atomic mass is 9.83. The van der Waals surface area contributed by atoms with Gasteiger partial charge in [0.25, 0.3) is 5.91 Å². The number of carbonyl (C=O) groups is 3.